The molecule has 0 saturated heterocycles. The van der Waals surface area contributed by atoms with Gasteiger partial charge in [-0.1, -0.05) is 12.1 Å². The van der Waals surface area contributed by atoms with Crippen molar-refractivity contribution in [2.45, 2.75) is 13.8 Å². The molecule has 9 heteroatoms. The molecule has 3 N–H and O–H groups in total. The van der Waals surface area contributed by atoms with E-state index in [1.165, 1.54) is 24.3 Å². The van der Waals surface area contributed by atoms with E-state index in [4.69, 9.17) is 9.52 Å². The van der Waals surface area contributed by atoms with Gasteiger partial charge in [-0.05, 0) is 43.7 Å². The van der Waals surface area contributed by atoms with Gasteiger partial charge < -0.3 is 24.6 Å². The predicted molar refractivity (Wildman–Crippen MR) is 121 cm³/mol. The molecule has 0 spiro atoms. The average molecular weight is 448 g/mol. The number of aromatic hydroxyl groups is 1. The third kappa shape index (κ3) is 3.63. The van der Waals surface area contributed by atoms with E-state index in [1.807, 2.05) is 19.9 Å². The highest BCUT2D eigenvalue weighted by Gasteiger charge is 2.31. The second kappa shape index (κ2) is 8.27. The maximum Gasteiger partial charge on any atom is 0.338 e. The van der Waals surface area contributed by atoms with Crippen LogP contribution in [0.2, 0.25) is 0 Å². The minimum Gasteiger partial charge on any atom is -0.501 e. The average Bonchev–Trinajstić information content (AvgIpc) is 2.81. The number of phenols is 1. The molecule has 0 saturated carbocycles. The Bertz CT molecular complexity index is 1420. The predicted octanol–water partition coefficient (Wildman–Crippen LogP) is 3.91. The van der Waals surface area contributed by atoms with Crippen LogP contribution in [0.4, 0.5) is 5.69 Å². The number of carbonyl (C=O) groups is 2. The first-order valence-electron chi connectivity index (χ1n) is 10.2. The number of anilines is 1. The lowest BCUT2D eigenvalue weighted by Crippen LogP contribution is -2.21. The van der Waals surface area contributed by atoms with Crippen molar-refractivity contribution in [2.75, 3.05) is 18.0 Å². The van der Waals surface area contributed by atoms with Gasteiger partial charge in [-0.25, -0.2) is 14.6 Å². The fourth-order valence-electron chi connectivity index (χ4n) is 3.84. The summed E-state index contributed by atoms with van der Waals surface area (Å²) >= 11 is 0. The Labute approximate surface area is 187 Å². The number of aromatic carboxylic acids is 2. The fourth-order valence-corrected chi connectivity index (χ4v) is 3.84. The highest BCUT2D eigenvalue weighted by atomic mass is 16.4. The lowest BCUT2D eigenvalue weighted by molar-refractivity contribution is 0.0686. The third-order valence-corrected chi connectivity index (χ3v) is 5.51. The molecule has 168 valence electrons. The monoisotopic (exact) mass is 448 g/mol. The van der Waals surface area contributed by atoms with E-state index in [9.17, 15) is 24.6 Å². The summed E-state index contributed by atoms with van der Waals surface area (Å²) < 4.78 is 5.79. The molecule has 0 radical (unpaired) electrons. The highest BCUT2D eigenvalue weighted by Crippen LogP contribution is 2.38. The van der Waals surface area contributed by atoms with Crippen LogP contribution in [0.25, 0.3) is 33.7 Å². The van der Waals surface area contributed by atoms with Crippen molar-refractivity contribution < 1.29 is 29.3 Å². The van der Waals surface area contributed by atoms with Crippen LogP contribution in [0, 0.1) is 0 Å². The van der Waals surface area contributed by atoms with Crippen LogP contribution in [-0.2, 0) is 0 Å². The van der Waals surface area contributed by atoms with Crippen LogP contribution < -0.4 is 10.3 Å². The van der Waals surface area contributed by atoms with E-state index in [-0.39, 0.29) is 33.7 Å². The van der Waals surface area contributed by atoms with Gasteiger partial charge in [-0.15, -0.1) is 0 Å². The third-order valence-electron chi connectivity index (χ3n) is 5.51. The van der Waals surface area contributed by atoms with Crippen molar-refractivity contribution in [3.05, 3.63) is 63.8 Å². The van der Waals surface area contributed by atoms with E-state index in [2.05, 4.69) is 9.88 Å². The lowest BCUT2D eigenvalue weighted by Gasteiger charge is -2.21. The summed E-state index contributed by atoms with van der Waals surface area (Å²) in [6.07, 6.45) is 0. The normalized spacial score (nSPS) is 11.1. The molecule has 0 unspecified atom stereocenters. The number of carboxylic acid groups (broad SMARTS) is 2. The molecule has 2 aromatic carbocycles. The van der Waals surface area contributed by atoms with Crippen molar-refractivity contribution in [3.63, 3.8) is 0 Å². The molecule has 1 aliphatic heterocycles. The van der Waals surface area contributed by atoms with Gasteiger partial charge in [0.15, 0.2) is 11.3 Å². The van der Waals surface area contributed by atoms with Crippen molar-refractivity contribution in [2.24, 2.45) is 0 Å². The van der Waals surface area contributed by atoms with Crippen molar-refractivity contribution in [1.82, 2.24) is 4.98 Å². The number of nitrogens with zero attached hydrogens (tertiary/aromatic N) is 2. The molecule has 0 aromatic heterocycles. The molecule has 0 fully saturated rings. The number of hydrogen-bond donors (Lipinski definition) is 3. The summed E-state index contributed by atoms with van der Waals surface area (Å²) in [6, 6.07) is 10.4. The maximum absolute atomic E-state index is 13.0. The van der Waals surface area contributed by atoms with E-state index in [1.54, 1.807) is 12.1 Å². The number of fused-ring (bicyclic) bond motifs is 2. The number of benzene rings is 3. The Morgan fingerprint density at radius 3 is 2.24 bits per heavy atom. The van der Waals surface area contributed by atoms with Crippen molar-refractivity contribution in [1.29, 1.82) is 0 Å². The smallest absolute Gasteiger partial charge is 0.338 e. The number of rotatable bonds is 6. The zero-order chi connectivity index (χ0) is 23.9. The number of aromatic nitrogens is 1. The molecule has 33 heavy (non-hydrogen) atoms. The minimum atomic E-state index is -1.43. The zero-order valence-corrected chi connectivity index (χ0v) is 17.8. The summed E-state index contributed by atoms with van der Waals surface area (Å²) in [4.78, 5) is 42.8. The molecule has 0 amide bonds. The number of hydrogen-bond acceptors (Lipinski definition) is 7. The van der Waals surface area contributed by atoms with E-state index in [0.29, 0.717) is 5.52 Å². The SMILES string of the molecule is CCN(CC)c1ccc2nc3c(C(=O)O)c(-c4ccc(C(=O)O)cc4)c(=O)c(O)c-3oc2c1. The van der Waals surface area contributed by atoms with Crippen molar-refractivity contribution >= 4 is 28.7 Å². The quantitative estimate of drug-likeness (QED) is 0.374. The van der Waals surface area contributed by atoms with Gasteiger partial charge in [0, 0.05) is 24.8 Å². The molecule has 1 aliphatic carbocycles. The molecular formula is C24H20N2O7. The molecule has 9 nitrogen and oxygen atoms in total. The topological polar surface area (TPSA) is 141 Å². The van der Waals surface area contributed by atoms with Gasteiger partial charge in [0.2, 0.25) is 11.2 Å². The zero-order valence-electron chi connectivity index (χ0n) is 17.8. The van der Waals surface area contributed by atoms with Gasteiger partial charge in [-0.2, -0.15) is 0 Å². The summed E-state index contributed by atoms with van der Waals surface area (Å²) in [5, 5.41) is 29.7. The summed E-state index contributed by atoms with van der Waals surface area (Å²) in [5.41, 5.74) is -0.265. The fraction of sp³-hybridized carbons (Fsp3) is 0.167. The largest absolute Gasteiger partial charge is 0.501 e. The van der Waals surface area contributed by atoms with Crippen LogP contribution in [0.15, 0.2) is 51.7 Å². The molecule has 0 atom stereocenters. The van der Waals surface area contributed by atoms with Gasteiger partial charge in [0.1, 0.15) is 16.8 Å². The first kappa shape index (κ1) is 21.8. The molecule has 2 aliphatic rings. The first-order chi connectivity index (χ1) is 15.8. The van der Waals surface area contributed by atoms with Crippen LogP contribution >= 0.6 is 0 Å². The Hall–Kier alpha value is -4.40. The first-order valence-corrected chi connectivity index (χ1v) is 10.2. The Kier molecular flexibility index (Phi) is 5.47. The molecule has 0 bridgehead atoms. The maximum atomic E-state index is 13.0. The highest BCUT2D eigenvalue weighted by molar-refractivity contribution is 6.04. The molecule has 1 heterocycles. The number of carboxylic acids is 2. The van der Waals surface area contributed by atoms with Gasteiger partial charge in [0.05, 0.1) is 11.1 Å². The minimum absolute atomic E-state index is 0.0313. The molecule has 2 aromatic rings. The van der Waals surface area contributed by atoms with E-state index >= 15 is 0 Å². The second-order valence-corrected chi connectivity index (χ2v) is 7.33. The molecule has 4 rings (SSSR count). The summed E-state index contributed by atoms with van der Waals surface area (Å²) in [6.45, 7) is 5.52. The Balaban J connectivity index is 2.03. The summed E-state index contributed by atoms with van der Waals surface area (Å²) in [7, 11) is 0. The Morgan fingerprint density at radius 2 is 1.67 bits per heavy atom. The summed E-state index contributed by atoms with van der Waals surface area (Å²) in [5.74, 6) is -3.70. The van der Waals surface area contributed by atoms with E-state index in [0.717, 1.165) is 18.8 Å². The molecular weight excluding hydrogens is 428 g/mol. The van der Waals surface area contributed by atoms with Crippen LogP contribution in [0.3, 0.4) is 0 Å². The van der Waals surface area contributed by atoms with Crippen molar-refractivity contribution in [3.8, 4) is 28.3 Å². The van der Waals surface area contributed by atoms with Gasteiger partial charge in [0.25, 0.3) is 0 Å². The van der Waals surface area contributed by atoms with Crippen LogP contribution in [0.1, 0.15) is 34.6 Å². The standard InChI is InChI=1S/C24H20N2O7/c1-3-26(4-2)14-9-10-15-16(11-14)33-22-19(25-15)18(24(31)32)17(20(27)21(22)28)12-5-7-13(8-6-12)23(29)30/h5-11,28H,3-4H2,1-2H3,(H,29,30)(H,31,32). The van der Waals surface area contributed by atoms with Gasteiger partial charge in [-0.3, -0.25) is 4.79 Å². The van der Waals surface area contributed by atoms with Gasteiger partial charge >= 0.3 is 11.9 Å². The Morgan fingerprint density at radius 1 is 1.00 bits per heavy atom. The van der Waals surface area contributed by atoms with Crippen LogP contribution in [0.5, 0.6) is 5.75 Å². The van der Waals surface area contributed by atoms with Crippen LogP contribution in [-0.4, -0.2) is 45.3 Å². The lowest BCUT2D eigenvalue weighted by atomic mass is 9.94. The van der Waals surface area contributed by atoms with E-state index < -0.39 is 28.7 Å². The number of phenolic OH excluding ortho intramolecular Hbond substituents is 1. The second-order valence-electron chi connectivity index (χ2n) is 7.33.